The molecule has 0 radical (unpaired) electrons. The molecule has 0 aliphatic carbocycles. The maximum absolute atomic E-state index is 12.3. The van der Waals surface area contributed by atoms with Crippen molar-refractivity contribution in [3.63, 3.8) is 0 Å². The molecule has 0 atom stereocenters. The van der Waals surface area contributed by atoms with Crippen LogP contribution in [-0.2, 0) is 11.8 Å². The van der Waals surface area contributed by atoms with Crippen molar-refractivity contribution in [3.05, 3.63) is 59.8 Å². The van der Waals surface area contributed by atoms with Crippen molar-refractivity contribution in [1.82, 2.24) is 4.57 Å². The number of hydrogen-bond donors (Lipinski definition) is 0. The Morgan fingerprint density at radius 3 is 2.50 bits per heavy atom. The first-order valence-corrected chi connectivity index (χ1v) is 7.45. The summed E-state index contributed by atoms with van der Waals surface area (Å²) in [6, 6.07) is 16.4. The van der Waals surface area contributed by atoms with Gasteiger partial charge in [0, 0.05) is 23.6 Å². The number of esters is 1. The van der Waals surface area contributed by atoms with Crippen LogP contribution in [0.1, 0.15) is 23.0 Å². The number of ether oxygens (including phenoxy) is 1. The second kappa shape index (κ2) is 5.68. The number of benzene rings is 2. The van der Waals surface area contributed by atoms with E-state index in [1.165, 1.54) is 0 Å². The topological polar surface area (TPSA) is 31.2 Å². The molecule has 0 saturated carbocycles. The summed E-state index contributed by atoms with van der Waals surface area (Å²) in [7, 11) is 1.97. The van der Waals surface area contributed by atoms with E-state index in [0.29, 0.717) is 12.2 Å². The Kier molecular flexibility index (Phi) is 3.72. The van der Waals surface area contributed by atoms with Crippen LogP contribution in [0, 0.1) is 6.92 Å². The summed E-state index contributed by atoms with van der Waals surface area (Å²) >= 11 is 0. The molecule has 0 saturated heterocycles. The lowest BCUT2D eigenvalue weighted by Gasteiger charge is -2.04. The van der Waals surface area contributed by atoms with Crippen molar-refractivity contribution < 1.29 is 9.53 Å². The van der Waals surface area contributed by atoms with Gasteiger partial charge in [-0.15, -0.1) is 0 Å². The minimum atomic E-state index is -0.254. The summed E-state index contributed by atoms with van der Waals surface area (Å²) in [6.07, 6.45) is 0. The lowest BCUT2D eigenvalue weighted by molar-refractivity contribution is 0.0527. The van der Waals surface area contributed by atoms with Gasteiger partial charge in [-0.1, -0.05) is 36.4 Å². The molecule has 2 aromatic carbocycles. The number of fused-ring (bicyclic) bond motifs is 1. The Balaban J connectivity index is 2.22. The monoisotopic (exact) mass is 293 g/mol. The van der Waals surface area contributed by atoms with Gasteiger partial charge in [-0.2, -0.15) is 0 Å². The van der Waals surface area contributed by atoms with E-state index >= 15 is 0 Å². The highest BCUT2D eigenvalue weighted by atomic mass is 16.5. The molecule has 3 aromatic rings. The summed E-state index contributed by atoms with van der Waals surface area (Å²) in [6.45, 7) is 4.16. The summed E-state index contributed by atoms with van der Waals surface area (Å²) in [5.41, 5.74) is 4.88. The van der Waals surface area contributed by atoms with Gasteiger partial charge in [0.25, 0.3) is 0 Å². The van der Waals surface area contributed by atoms with Gasteiger partial charge < -0.3 is 9.30 Å². The molecular formula is C19H19NO2. The zero-order valence-electron chi connectivity index (χ0n) is 13.1. The molecule has 3 rings (SSSR count). The van der Waals surface area contributed by atoms with Gasteiger partial charge >= 0.3 is 5.97 Å². The van der Waals surface area contributed by atoms with E-state index in [1.807, 2.05) is 43.7 Å². The van der Waals surface area contributed by atoms with Crippen molar-refractivity contribution >= 4 is 16.9 Å². The van der Waals surface area contributed by atoms with Gasteiger partial charge in [0.1, 0.15) is 0 Å². The fourth-order valence-corrected chi connectivity index (χ4v) is 2.84. The number of aryl methyl sites for hydroxylation is 1. The first kappa shape index (κ1) is 14.4. The van der Waals surface area contributed by atoms with Crippen LogP contribution in [0.2, 0.25) is 0 Å². The maximum Gasteiger partial charge on any atom is 0.340 e. The van der Waals surface area contributed by atoms with E-state index in [4.69, 9.17) is 4.74 Å². The Hall–Kier alpha value is -2.55. The Labute approximate surface area is 130 Å². The summed E-state index contributed by atoms with van der Waals surface area (Å²) in [5.74, 6) is -0.254. The minimum absolute atomic E-state index is 0.254. The third kappa shape index (κ3) is 2.29. The normalized spacial score (nSPS) is 10.9. The van der Waals surface area contributed by atoms with Crippen molar-refractivity contribution in [2.24, 2.45) is 7.05 Å². The van der Waals surface area contributed by atoms with Crippen molar-refractivity contribution in [3.8, 4) is 11.1 Å². The number of nitrogens with zero attached hydrogens (tertiary/aromatic N) is 1. The molecule has 3 nitrogen and oxygen atoms in total. The van der Waals surface area contributed by atoms with Gasteiger partial charge in [0.15, 0.2) is 0 Å². The molecule has 3 heteroatoms. The smallest absolute Gasteiger partial charge is 0.340 e. The number of carbonyl (C=O) groups excluding carboxylic acids is 1. The molecule has 0 spiro atoms. The molecule has 1 aromatic heterocycles. The van der Waals surface area contributed by atoms with Crippen molar-refractivity contribution in [2.75, 3.05) is 6.61 Å². The third-order valence-electron chi connectivity index (χ3n) is 4.08. The standard InChI is InChI=1S/C19H19NO2/c1-4-22-19(21)18-13(2)20(3)17-11-10-15(12-16(17)18)14-8-6-5-7-9-14/h5-12H,4H2,1-3H3. The molecule has 112 valence electrons. The van der Waals surface area contributed by atoms with Gasteiger partial charge in [0.2, 0.25) is 0 Å². The molecule has 0 amide bonds. The predicted octanol–water partition coefficient (Wildman–Crippen LogP) is 4.33. The molecule has 0 aliphatic heterocycles. The van der Waals surface area contributed by atoms with Crippen LogP contribution >= 0.6 is 0 Å². The third-order valence-corrected chi connectivity index (χ3v) is 4.08. The molecule has 0 N–H and O–H groups in total. The number of hydrogen-bond acceptors (Lipinski definition) is 2. The first-order chi connectivity index (χ1) is 10.6. The SMILES string of the molecule is CCOC(=O)c1c(C)n(C)c2ccc(-c3ccccc3)cc12. The molecule has 0 aliphatic rings. The average molecular weight is 293 g/mol. The Bertz CT molecular complexity index is 832. The van der Waals surface area contributed by atoms with Gasteiger partial charge in [-0.25, -0.2) is 4.79 Å². The second-order valence-corrected chi connectivity index (χ2v) is 5.34. The fourth-order valence-electron chi connectivity index (χ4n) is 2.84. The van der Waals surface area contributed by atoms with Crippen LogP contribution in [0.15, 0.2) is 48.5 Å². The van der Waals surface area contributed by atoms with Gasteiger partial charge in [-0.3, -0.25) is 0 Å². The second-order valence-electron chi connectivity index (χ2n) is 5.34. The highest BCUT2D eigenvalue weighted by Gasteiger charge is 2.19. The minimum Gasteiger partial charge on any atom is -0.462 e. The molecular weight excluding hydrogens is 274 g/mol. The van der Waals surface area contributed by atoms with E-state index < -0.39 is 0 Å². The molecule has 1 heterocycles. The van der Waals surface area contributed by atoms with Crippen LogP contribution in [-0.4, -0.2) is 17.1 Å². The fraction of sp³-hybridized carbons (Fsp3) is 0.211. The lowest BCUT2D eigenvalue weighted by Crippen LogP contribution is -2.06. The number of rotatable bonds is 3. The molecule has 22 heavy (non-hydrogen) atoms. The zero-order valence-corrected chi connectivity index (χ0v) is 13.1. The summed E-state index contributed by atoms with van der Waals surface area (Å²) in [4.78, 5) is 12.3. The van der Waals surface area contributed by atoms with Crippen LogP contribution < -0.4 is 0 Å². The largest absolute Gasteiger partial charge is 0.462 e. The van der Waals surface area contributed by atoms with Crippen LogP contribution in [0.4, 0.5) is 0 Å². The Morgan fingerprint density at radius 2 is 1.82 bits per heavy atom. The average Bonchev–Trinajstić information content (AvgIpc) is 2.79. The predicted molar refractivity (Wildman–Crippen MR) is 89.0 cm³/mol. The summed E-state index contributed by atoms with van der Waals surface area (Å²) in [5, 5.41) is 0.944. The Morgan fingerprint density at radius 1 is 1.09 bits per heavy atom. The van der Waals surface area contributed by atoms with Crippen LogP contribution in [0.25, 0.3) is 22.0 Å². The molecule has 0 bridgehead atoms. The van der Waals surface area contributed by atoms with Crippen LogP contribution in [0.5, 0.6) is 0 Å². The van der Waals surface area contributed by atoms with Gasteiger partial charge in [0.05, 0.1) is 12.2 Å². The van der Waals surface area contributed by atoms with E-state index in [-0.39, 0.29) is 5.97 Å². The van der Waals surface area contributed by atoms with E-state index in [0.717, 1.165) is 27.7 Å². The zero-order chi connectivity index (χ0) is 15.7. The van der Waals surface area contributed by atoms with Crippen molar-refractivity contribution in [2.45, 2.75) is 13.8 Å². The number of carbonyl (C=O) groups is 1. The summed E-state index contributed by atoms with van der Waals surface area (Å²) < 4.78 is 7.26. The number of aromatic nitrogens is 1. The highest BCUT2D eigenvalue weighted by molar-refractivity contribution is 6.07. The quantitative estimate of drug-likeness (QED) is 0.673. The van der Waals surface area contributed by atoms with E-state index in [1.54, 1.807) is 0 Å². The van der Waals surface area contributed by atoms with E-state index in [9.17, 15) is 4.79 Å². The maximum atomic E-state index is 12.3. The van der Waals surface area contributed by atoms with Crippen molar-refractivity contribution in [1.29, 1.82) is 0 Å². The lowest BCUT2D eigenvalue weighted by atomic mass is 10.0. The molecule has 0 fully saturated rings. The van der Waals surface area contributed by atoms with E-state index in [2.05, 4.69) is 30.3 Å². The van der Waals surface area contributed by atoms with Gasteiger partial charge in [-0.05, 0) is 37.1 Å². The van der Waals surface area contributed by atoms with Crippen LogP contribution in [0.3, 0.4) is 0 Å². The highest BCUT2D eigenvalue weighted by Crippen LogP contribution is 2.30. The molecule has 0 unspecified atom stereocenters. The first-order valence-electron chi connectivity index (χ1n) is 7.45.